The summed E-state index contributed by atoms with van der Waals surface area (Å²) in [6.07, 6.45) is 4.31. The van der Waals surface area contributed by atoms with Gasteiger partial charge in [-0.2, -0.15) is 0 Å². The Morgan fingerprint density at radius 2 is 1.90 bits per heavy atom. The number of rotatable bonds is 10. The second-order valence-electron chi connectivity index (χ2n) is 6.74. The average Bonchev–Trinajstić information content (AvgIpc) is 3.19. The number of nitrogens with zero attached hydrogens (tertiary/aromatic N) is 5. The van der Waals surface area contributed by atoms with Crippen molar-refractivity contribution in [3.8, 4) is 11.4 Å². The van der Waals surface area contributed by atoms with Crippen molar-refractivity contribution in [1.82, 2.24) is 19.7 Å². The molecule has 0 aliphatic heterocycles. The van der Waals surface area contributed by atoms with Crippen LogP contribution in [0.2, 0.25) is 0 Å². The number of hydrogen-bond donors (Lipinski definition) is 0. The van der Waals surface area contributed by atoms with E-state index in [9.17, 15) is 4.79 Å². The Kier molecular flexibility index (Phi) is 7.98. The highest BCUT2D eigenvalue weighted by Gasteiger charge is 2.23. The van der Waals surface area contributed by atoms with Gasteiger partial charge >= 0.3 is 0 Å². The van der Waals surface area contributed by atoms with Gasteiger partial charge in [0.2, 0.25) is 5.91 Å². The summed E-state index contributed by atoms with van der Waals surface area (Å²) in [5, 5.41) is 9.20. The van der Waals surface area contributed by atoms with E-state index < -0.39 is 0 Å². The second-order valence-corrected chi connectivity index (χ2v) is 8.05. The molecule has 30 heavy (non-hydrogen) atoms. The summed E-state index contributed by atoms with van der Waals surface area (Å²) in [6, 6.07) is 13.5. The molecular formula is C22H27N5O2S. The molecule has 0 bridgehead atoms. The first-order valence-corrected chi connectivity index (χ1v) is 10.9. The van der Waals surface area contributed by atoms with Crippen LogP contribution < -0.4 is 4.90 Å². The van der Waals surface area contributed by atoms with Crippen LogP contribution in [0.3, 0.4) is 0 Å². The van der Waals surface area contributed by atoms with E-state index in [0.29, 0.717) is 19.8 Å². The zero-order chi connectivity index (χ0) is 21.3. The molecule has 8 heteroatoms. The lowest BCUT2D eigenvalue weighted by Gasteiger charge is -2.21. The number of anilines is 1. The van der Waals surface area contributed by atoms with E-state index in [0.717, 1.165) is 28.7 Å². The maximum Gasteiger partial charge on any atom is 0.240 e. The molecule has 0 aliphatic rings. The molecule has 0 N–H and O–H groups in total. The number of thioether (sulfide) groups is 1. The molecule has 3 rings (SSSR count). The van der Waals surface area contributed by atoms with Crippen LogP contribution in [-0.2, 0) is 16.1 Å². The first kappa shape index (κ1) is 22.0. The summed E-state index contributed by atoms with van der Waals surface area (Å²) in [6.45, 7) is 5.96. The standard InChI is InChI=1S/C22H27N5O2S/c1-4-29-16-8-15-27-20(18-11-13-23-14-12-18)24-25-22(27)30-17(2)21(28)26(3)19-9-6-5-7-10-19/h5-7,9-14,17H,4,8,15-16H2,1-3H3/t17-/m1/s1. The van der Waals surface area contributed by atoms with Gasteiger partial charge in [0.1, 0.15) is 0 Å². The van der Waals surface area contributed by atoms with Gasteiger partial charge in [0, 0.05) is 50.5 Å². The number of pyridine rings is 1. The van der Waals surface area contributed by atoms with Crippen molar-refractivity contribution in [1.29, 1.82) is 0 Å². The average molecular weight is 426 g/mol. The summed E-state index contributed by atoms with van der Waals surface area (Å²) in [7, 11) is 1.80. The van der Waals surface area contributed by atoms with Gasteiger partial charge in [-0.25, -0.2) is 0 Å². The molecule has 7 nitrogen and oxygen atoms in total. The molecule has 0 spiro atoms. The normalized spacial score (nSPS) is 12.0. The first-order valence-electron chi connectivity index (χ1n) is 10.0. The Morgan fingerprint density at radius 3 is 2.60 bits per heavy atom. The monoisotopic (exact) mass is 425 g/mol. The van der Waals surface area contributed by atoms with Crippen LogP contribution in [0.4, 0.5) is 5.69 Å². The number of carbonyl (C=O) groups is 1. The van der Waals surface area contributed by atoms with Gasteiger partial charge in [-0.3, -0.25) is 9.78 Å². The topological polar surface area (TPSA) is 73.1 Å². The van der Waals surface area contributed by atoms with Crippen molar-refractivity contribution >= 4 is 23.4 Å². The summed E-state index contributed by atoms with van der Waals surface area (Å²) in [5.41, 5.74) is 1.81. The molecule has 1 atom stereocenters. The van der Waals surface area contributed by atoms with Crippen LogP contribution in [0.15, 0.2) is 60.0 Å². The summed E-state index contributed by atoms with van der Waals surface area (Å²) in [5.74, 6) is 0.785. The van der Waals surface area contributed by atoms with Gasteiger partial charge in [0.05, 0.1) is 5.25 Å². The minimum atomic E-state index is -0.310. The van der Waals surface area contributed by atoms with Crippen LogP contribution in [0.5, 0.6) is 0 Å². The van der Waals surface area contributed by atoms with Crippen LogP contribution in [-0.4, -0.2) is 51.2 Å². The van der Waals surface area contributed by atoms with Crippen molar-refractivity contribution in [3.05, 3.63) is 54.9 Å². The Balaban J connectivity index is 1.78. The number of carbonyl (C=O) groups excluding carboxylic acids is 1. The SMILES string of the molecule is CCOCCCn1c(S[C@H](C)C(=O)N(C)c2ccccc2)nnc1-c1ccncc1. The van der Waals surface area contributed by atoms with E-state index in [1.54, 1.807) is 24.3 Å². The van der Waals surface area contributed by atoms with Gasteiger partial charge < -0.3 is 14.2 Å². The Bertz CT molecular complexity index is 933. The van der Waals surface area contributed by atoms with E-state index in [1.807, 2.05) is 56.3 Å². The van der Waals surface area contributed by atoms with Crippen molar-refractivity contribution in [2.24, 2.45) is 0 Å². The summed E-state index contributed by atoms with van der Waals surface area (Å²) in [4.78, 5) is 18.7. The molecule has 2 heterocycles. The van der Waals surface area contributed by atoms with E-state index in [-0.39, 0.29) is 11.2 Å². The molecule has 0 fully saturated rings. The van der Waals surface area contributed by atoms with E-state index in [4.69, 9.17) is 4.74 Å². The molecule has 0 radical (unpaired) electrons. The summed E-state index contributed by atoms with van der Waals surface area (Å²) < 4.78 is 7.55. The number of amides is 1. The van der Waals surface area contributed by atoms with E-state index in [1.165, 1.54) is 11.8 Å². The minimum Gasteiger partial charge on any atom is -0.382 e. The quantitative estimate of drug-likeness (QED) is 0.362. The van der Waals surface area contributed by atoms with Crippen molar-refractivity contribution < 1.29 is 9.53 Å². The highest BCUT2D eigenvalue weighted by atomic mass is 32.2. The predicted octanol–water partition coefficient (Wildman–Crippen LogP) is 3.91. The molecule has 3 aromatic rings. The van der Waals surface area contributed by atoms with E-state index in [2.05, 4.69) is 19.7 Å². The number of ether oxygens (including phenoxy) is 1. The Labute approximate surface area is 181 Å². The zero-order valence-corrected chi connectivity index (χ0v) is 18.4. The predicted molar refractivity (Wildman–Crippen MR) is 120 cm³/mol. The number of para-hydroxylation sites is 1. The van der Waals surface area contributed by atoms with Crippen molar-refractivity contribution in [3.63, 3.8) is 0 Å². The van der Waals surface area contributed by atoms with Crippen LogP contribution in [0, 0.1) is 0 Å². The fourth-order valence-corrected chi connectivity index (χ4v) is 3.99. The third kappa shape index (κ3) is 5.46. The van der Waals surface area contributed by atoms with Gasteiger partial charge in [-0.1, -0.05) is 30.0 Å². The second kappa shape index (κ2) is 10.9. The van der Waals surface area contributed by atoms with Gasteiger partial charge in [0.25, 0.3) is 0 Å². The Morgan fingerprint density at radius 1 is 1.17 bits per heavy atom. The van der Waals surface area contributed by atoms with Crippen molar-refractivity contribution in [2.45, 2.75) is 37.2 Å². The van der Waals surface area contributed by atoms with Crippen LogP contribution >= 0.6 is 11.8 Å². The molecule has 0 saturated heterocycles. The highest BCUT2D eigenvalue weighted by molar-refractivity contribution is 8.00. The fraction of sp³-hybridized carbons (Fsp3) is 0.364. The van der Waals surface area contributed by atoms with Gasteiger partial charge in [-0.05, 0) is 44.5 Å². The lowest BCUT2D eigenvalue weighted by atomic mass is 10.2. The molecule has 2 aromatic heterocycles. The maximum absolute atomic E-state index is 13.0. The maximum atomic E-state index is 13.0. The third-order valence-electron chi connectivity index (χ3n) is 4.63. The van der Waals surface area contributed by atoms with Crippen molar-refractivity contribution in [2.75, 3.05) is 25.2 Å². The molecule has 1 amide bonds. The number of aromatic nitrogens is 4. The highest BCUT2D eigenvalue weighted by Crippen LogP contribution is 2.28. The number of benzene rings is 1. The Hall–Kier alpha value is -2.71. The zero-order valence-electron chi connectivity index (χ0n) is 17.6. The third-order valence-corrected chi connectivity index (χ3v) is 5.70. The number of hydrogen-bond acceptors (Lipinski definition) is 6. The van der Waals surface area contributed by atoms with Gasteiger partial charge in [0.15, 0.2) is 11.0 Å². The smallest absolute Gasteiger partial charge is 0.240 e. The van der Waals surface area contributed by atoms with E-state index >= 15 is 0 Å². The van der Waals surface area contributed by atoms with Gasteiger partial charge in [-0.15, -0.1) is 10.2 Å². The lowest BCUT2D eigenvalue weighted by molar-refractivity contribution is -0.117. The molecule has 0 saturated carbocycles. The fourth-order valence-electron chi connectivity index (χ4n) is 3.02. The molecule has 0 unspecified atom stereocenters. The molecular weight excluding hydrogens is 398 g/mol. The minimum absolute atomic E-state index is 0.0144. The first-order chi connectivity index (χ1) is 14.6. The summed E-state index contributed by atoms with van der Waals surface area (Å²) >= 11 is 1.42. The lowest BCUT2D eigenvalue weighted by Crippen LogP contribution is -2.33. The van der Waals surface area contributed by atoms with Crippen LogP contribution in [0.1, 0.15) is 20.3 Å². The molecule has 0 aliphatic carbocycles. The molecule has 158 valence electrons. The van der Waals surface area contributed by atoms with Crippen LogP contribution in [0.25, 0.3) is 11.4 Å². The molecule has 1 aromatic carbocycles. The largest absolute Gasteiger partial charge is 0.382 e.